The first-order valence-electron chi connectivity index (χ1n) is 9.50. The number of hydrogen-bond acceptors (Lipinski definition) is 6. The van der Waals surface area contributed by atoms with Crippen molar-refractivity contribution in [2.24, 2.45) is 0 Å². The normalized spacial score (nSPS) is 11.5. The number of halogens is 3. The topological polar surface area (TPSA) is 66.9 Å². The van der Waals surface area contributed by atoms with Crippen molar-refractivity contribution in [3.8, 4) is 23.0 Å². The van der Waals surface area contributed by atoms with Crippen LogP contribution in [0.15, 0.2) is 48.8 Å². The molecule has 1 unspecified atom stereocenters. The smallest absolute Gasteiger partial charge is 0.203 e. The number of nitrogens with zero attached hydrogens (tertiary/aromatic N) is 1. The Morgan fingerprint density at radius 3 is 2.12 bits per heavy atom. The third kappa shape index (κ3) is 5.38. The average Bonchev–Trinajstić information content (AvgIpc) is 2.80. The van der Waals surface area contributed by atoms with E-state index in [1.165, 1.54) is 26.6 Å². The summed E-state index contributed by atoms with van der Waals surface area (Å²) in [5, 5.41) is 1.15. The van der Waals surface area contributed by atoms with Crippen LogP contribution in [0, 0.1) is 0 Å². The van der Waals surface area contributed by atoms with Gasteiger partial charge in [-0.25, -0.2) is 0 Å². The zero-order chi connectivity index (χ0) is 23.1. The molecule has 2 aromatic carbocycles. The van der Waals surface area contributed by atoms with Gasteiger partial charge in [-0.2, -0.15) is 0 Å². The van der Waals surface area contributed by atoms with E-state index < -0.39 is 5.92 Å². The second kappa shape index (κ2) is 11.3. The van der Waals surface area contributed by atoms with Gasteiger partial charge in [0.25, 0.3) is 0 Å². The van der Waals surface area contributed by atoms with Crippen LogP contribution in [0.1, 0.15) is 17.0 Å². The predicted octanol–water partition coefficient (Wildman–Crippen LogP) is 5.85. The van der Waals surface area contributed by atoms with Gasteiger partial charge in [0, 0.05) is 28.5 Å². The quantitative estimate of drug-likeness (QED) is 0.259. The number of hydrogen-bond donors (Lipinski definition) is 0. The van der Waals surface area contributed by atoms with E-state index in [2.05, 4.69) is 4.98 Å². The van der Waals surface area contributed by atoms with E-state index in [1.54, 1.807) is 36.4 Å². The standard InChI is InChI=1S/C23H20Cl3NO5/c1-29-20-8-7-16(17(13-28)21-18(25)11-27-12-19(21)26)22(23(20)30-2)32-10-9-31-15-5-3-14(24)4-6-15/h3-8,11-13,17H,9-10H2,1-2H3. The number of methoxy groups -OCH3 is 2. The summed E-state index contributed by atoms with van der Waals surface area (Å²) in [4.78, 5) is 16.1. The number of carbonyl (C=O) groups excluding carboxylic acids is 1. The van der Waals surface area contributed by atoms with Crippen LogP contribution < -0.4 is 18.9 Å². The molecule has 0 aliphatic rings. The summed E-state index contributed by atoms with van der Waals surface area (Å²) in [6.07, 6.45) is 3.60. The Morgan fingerprint density at radius 2 is 1.53 bits per heavy atom. The lowest BCUT2D eigenvalue weighted by atomic mass is 9.92. The Bertz CT molecular complexity index is 1060. The van der Waals surface area contributed by atoms with Crippen molar-refractivity contribution in [1.82, 2.24) is 4.98 Å². The van der Waals surface area contributed by atoms with Gasteiger partial charge >= 0.3 is 0 Å². The lowest BCUT2D eigenvalue weighted by molar-refractivity contribution is -0.108. The highest BCUT2D eigenvalue weighted by Crippen LogP contribution is 2.45. The highest BCUT2D eigenvalue weighted by atomic mass is 35.5. The van der Waals surface area contributed by atoms with Gasteiger partial charge in [-0.15, -0.1) is 0 Å². The van der Waals surface area contributed by atoms with E-state index in [0.717, 1.165) is 6.29 Å². The first-order valence-corrected chi connectivity index (χ1v) is 10.6. The Kier molecular flexibility index (Phi) is 8.45. The molecule has 1 atom stereocenters. The molecule has 32 heavy (non-hydrogen) atoms. The van der Waals surface area contributed by atoms with Gasteiger partial charge in [-0.1, -0.05) is 40.9 Å². The maximum atomic E-state index is 12.2. The molecular formula is C23H20Cl3NO5. The van der Waals surface area contributed by atoms with E-state index in [4.69, 9.17) is 53.8 Å². The molecule has 6 nitrogen and oxygen atoms in total. The fourth-order valence-corrected chi connectivity index (χ4v) is 3.88. The van der Waals surface area contributed by atoms with E-state index in [-0.39, 0.29) is 23.3 Å². The summed E-state index contributed by atoms with van der Waals surface area (Å²) in [5.41, 5.74) is 0.937. The molecule has 0 spiro atoms. The molecule has 0 aliphatic carbocycles. The van der Waals surface area contributed by atoms with Gasteiger partial charge in [0.2, 0.25) is 5.75 Å². The SMILES string of the molecule is COc1ccc(C(C=O)c2c(Cl)cncc2Cl)c(OCCOc2ccc(Cl)cc2)c1OC. The number of aldehydes is 1. The fourth-order valence-electron chi connectivity index (χ4n) is 3.16. The minimum absolute atomic E-state index is 0.169. The van der Waals surface area contributed by atoms with Crippen LogP contribution in [0.4, 0.5) is 0 Å². The van der Waals surface area contributed by atoms with Crippen LogP contribution in [0.2, 0.25) is 15.1 Å². The summed E-state index contributed by atoms with van der Waals surface area (Å²) in [6.45, 7) is 0.409. The van der Waals surface area contributed by atoms with Crippen LogP contribution in [-0.4, -0.2) is 38.7 Å². The molecule has 1 heterocycles. The number of benzene rings is 2. The van der Waals surface area contributed by atoms with E-state index in [9.17, 15) is 4.79 Å². The summed E-state index contributed by atoms with van der Waals surface area (Å²) >= 11 is 18.5. The highest BCUT2D eigenvalue weighted by Gasteiger charge is 2.27. The maximum absolute atomic E-state index is 12.2. The fraction of sp³-hybridized carbons (Fsp3) is 0.217. The number of carbonyl (C=O) groups is 1. The Labute approximate surface area is 200 Å². The molecule has 0 bridgehead atoms. The van der Waals surface area contributed by atoms with Gasteiger partial charge in [-0.05, 0) is 30.3 Å². The Balaban J connectivity index is 1.92. The first-order chi connectivity index (χ1) is 15.5. The van der Waals surface area contributed by atoms with Crippen LogP contribution >= 0.6 is 34.8 Å². The minimum atomic E-state index is -0.815. The maximum Gasteiger partial charge on any atom is 0.203 e. The highest BCUT2D eigenvalue weighted by molar-refractivity contribution is 6.36. The van der Waals surface area contributed by atoms with Crippen molar-refractivity contribution < 1.29 is 23.7 Å². The number of pyridine rings is 1. The third-order valence-electron chi connectivity index (χ3n) is 4.62. The molecule has 0 aliphatic heterocycles. The van der Waals surface area contributed by atoms with E-state index in [1.807, 2.05) is 0 Å². The predicted molar refractivity (Wildman–Crippen MR) is 124 cm³/mol. The third-order valence-corrected chi connectivity index (χ3v) is 5.47. The number of ether oxygens (including phenoxy) is 4. The molecule has 0 radical (unpaired) electrons. The molecule has 3 rings (SSSR count). The van der Waals surface area contributed by atoms with Crippen molar-refractivity contribution in [2.75, 3.05) is 27.4 Å². The molecule has 1 aromatic heterocycles. The van der Waals surface area contributed by atoms with Gasteiger partial charge in [-0.3, -0.25) is 4.98 Å². The molecular weight excluding hydrogens is 477 g/mol. The van der Waals surface area contributed by atoms with Crippen molar-refractivity contribution >= 4 is 41.1 Å². The average molecular weight is 497 g/mol. The van der Waals surface area contributed by atoms with E-state index >= 15 is 0 Å². The summed E-state index contributed by atoms with van der Waals surface area (Å²) < 4.78 is 22.6. The molecule has 0 saturated heterocycles. The largest absolute Gasteiger partial charge is 0.493 e. The zero-order valence-electron chi connectivity index (χ0n) is 17.3. The van der Waals surface area contributed by atoms with Crippen LogP contribution in [0.5, 0.6) is 23.0 Å². The second-order valence-corrected chi connectivity index (χ2v) is 7.75. The van der Waals surface area contributed by atoms with Crippen LogP contribution in [-0.2, 0) is 4.79 Å². The molecule has 9 heteroatoms. The molecule has 0 saturated carbocycles. The van der Waals surface area contributed by atoms with Crippen LogP contribution in [0.25, 0.3) is 0 Å². The first kappa shape index (κ1) is 24.0. The summed E-state index contributed by atoms with van der Waals surface area (Å²) in [5.74, 6) is 0.945. The summed E-state index contributed by atoms with van der Waals surface area (Å²) in [7, 11) is 3.00. The molecule has 0 amide bonds. The number of rotatable bonds is 10. The molecule has 0 N–H and O–H groups in total. The monoisotopic (exact) mass is 495 g/mol. The lowest BCUT2D eigenvalue weighted by Crippen LogP contribution is -2.13. The Hall–Kier alpha value is -2.67. The van der Waals surface area contributed by atoms with Gasteiger partial charge in [0.05, 0.1) is 30.2 Å². The Morgan fingerprint density at radius 1 is 0.875 bits per heavy atom. The van der Waals surface area contributed by atoms with Gasteiger partial charge in [0.1, 0.15) is 25.2 Å². The van der Waals surface area contributed by atoms with Crippen LogP contribution in [0.3, 0.4) is 0 Å². The van der Waals surface area contributed by atoms with Gasteiger partial charge < -0.3 is 23.7 Å². The van der Waals surface area contributed by atoms with E-state index in [0.29, 0.717) is 39.1 Å². The minimum Gasteiger partial charge on any atom is -0.493 e. The van der Waals surface area contributed by atoms with Crippen molar-refractivity contribution in [1.29, 1.82) is 0 Å². The van der Waals surface area contributed by atoms with Crippen molar-refractivity contribution in [2.45, 2.75) is 5.92 Å². The van der Waals surface area contributed by atoms with Gasteiger partial charge in [0.15, 0.2) is 11.5 Å². The van der Waals surface area contributed by atoms with Crippen molar-refractivity contribution in [3.63, 3.8) is 0 Å². The molecule has 0 fully saturated rings. The second-order valence-electron chi connectivity index (χ2n) is 6.50. The summed E-state index contributed by atoms with van der Waals surface area (Å²) in [6, 6.07) is 10.4. The van der Waals surface area contributed by atoms with Crippen molar-refractivity contribution in [3.05, 3.63) is 75.0 Å². The molecule has 3 aromatic rings. The number of aromatic nitrogens is 1. The molecule has 168 valence electrons. The zero-order valence-corrected chi connectivity index (χ0v) is 19.6. The lowest BCUT2D eigenvalue weighted by Gasteiger charge is -2.21.